The molecule has 4 heteroatoms. The number of hydrogen-bond acceptors (Lipinski definition) is 2. The van der Waals surface area contributed by atoms with Gasteiger partial charge in [0.2, 0.25) is 0 Å². The molecule has 1 aromatic heterocycles. The van der Waals surface area contributed by atoms with Crippen LogP contribution in [0.4, 0.5) is 0 Å². The summed E-state index contributed by atoms with van der Waals surface area (Å²) in [6, 6.07) is 13.6. The van der Waals surface area contributed by atoms with Gasteiger partial charge in [-0.15, -0.1) is 28.6 Å². The normalized spacial score (nSPS) is 8.19. The molecule has 0 aliphatic rings. The Morgan fingerprint density at radius 3 is 2.50 bits per heavy atom. The molecule has 0 unspecified atom stereocenters. The van der Waals surface area contributed by atoms with Crippen molar-refractivity contribution in [2.24, 2.45) is 0 Å². The van der Waals surface area contributed by atoms with Crippen LogP contribution in [0.3, 0.4) is 0 Å². The third kappa shape index (κ3) is 3.23. The predicted molar refractivity (Wildman–Crippen MR) is 63.5 cm³/mol. The van der Waals surface area contributed by atoms with Crippen LogP contribution in [0, 0.1) is 17.5 Å². The minimum atomic E-state index is 0. The second-order valence-corrected chi connectivity index (χ2v) is 2.84. The van der Waals surface area contributed by atoms with Gasteiger partial charge in [-0.1, -0.05) is 48.3 Å². The van der Waals surface area contributed by atoms with Crippen molar-refractivity contribution >= 4 is 17.0 Å². The van der Waals surface area contributed by atoms with Crippen molar-refractivity contribution in [2.45, 2.75) is 0 Å². The fourth-order valence-corrected chi connectivity index (χ4v) is 1.30. The third-order valence-electron chi connectivity index (χ3n) is 1.97. The van der Waals surface area contributed by atoms with Crippen LogP contribution in [0.1, 0.15) is 5.56 Å². The van der Waals surface area contributed by atoms with Crippen LogP contribution in [0.5, 0.6) is 0 Å². The number of nitrogens with zero attached hydrogens (tertiary/aromatic N) is 2. The topological polar surface area (TPSA) is 36.7 Å². The van der Waals surface area contributed by atoms with E-state index in [0.29, 0.717) is 5.56 Å². The molecular formula is C12H8BrN2Zn-. The number of nitriles is 1. The van der Waals surface area contributed by atoms with Gasteiger partial charge in [0, 0.05) is 19.5 Å². The van der Waals surface area contributed by atoms with Crippen LogP contribution in [-0.4, -0.2) is 4.98 Å². The second kappa shape index (κ2) is 7.27. The molecule has 0 saturated carbocycles. The Morgan fingerprint density at radius 1 is 1.19 bits per heavy atom. The number of halogens is 1. The van der Waals surface area contributed by atoms with E-state index in [1.807, 2.05) is 30.3 Å². The largest absolute Gasteiger partial charge is 0.393 e. The molecule has 2 rings (SSSR count). The molecule has 0 spiro atoms. The quantitative estimate of drug-likeness (QED) is 0.597. The van der Waals surface area contributed by atoms with E-state index in [0.717, 1.165) is 11.1 Å². The first kappa shape index (κ1) is 15.0. The van der Waals surface area contributed by atoms with Gasteiger partial charge in [-0.05, 0) is 5.56 Å². The maximum Gasteiger partial charge on any atom is 0.0746 e. The summed E-state index contributed by atoms with van der Waals surface area (Å²) in [4.78, 5) is 3.79. The molecule has 1 heterocycles. The van der Waals surface area contributed by atoms with Gasteiger partial charge in [0.25, 0.3) is 0 Å². The molecule has 76 valence electrons. The summed E-state index contributed by atoms with van der Waals surface area (Å²) in [5.41, 5.74) is 2.47. The SMILES string of the molecule is Br.N#Cc1cn[c-]cc1-c1ccccc1.[Zn]. The van der Waals surface area contributed by atoms with Crippen LogP contribution in [-0.2, 0) is 19.5 Å². The van der Waals surface area contributed by atoms with Crippen molar-refractivity contribution in [3.8, 4) is 17.2 Å². The van der Waals surface area contributed by atoms with Gasteiger partial charge in [-0.2, -0.15) is 5.26 Å². The molecule has 2 aromatic rings. The van der Waals surface area contributed by atoms with E-state index in [2.05, 4.69) is 17.3 Å². The number of aromatic nitrogens is 1. The van der Waals surface area contributed by atoms with E-state index in [9.17, 15) is 0 Å². The summed E-state index contributed by atoms with van der Waals surface area (Å²) in [6.45, 7) is 0. The van der Waals surface area contributed by atoms with E-state index < -0.39 is 0 Å². The zero-order valence-corrected chi connectivity index (χ0v) is 13.2. The molecule has 0 atom stereocenters. The summed E-state index contributed by atoms with van der Waals surface area (Å²) in [5.74, 6) is 0. The Hall–Kier alpha value is -1.04. The maximum atomic E-state index is 8.88. The summed E-state index contributed by atoms with van der Waals surface area (Å²) < 4.78 is 0. The van der Waals surface area contributed by atoms with Gasteiger partial charge in [0.05, 0.1) is 6.07 Å². The molecule has 16 heavy (non-hydrogen) atoms. The van der Waals surface area contributed by atoms with Crippen molar-refractivity contribution in [3.05, 3.63) is 54.4 Å². The standard InChI is InChI=1S/C12H7N2.BrH.Zn/c13-8-11-9-14-7-6-12(11)10-4-2-1-3-5-10;;/h1-6,9H;1H;/q-1;;. The Bertz CT molecular complexity index is 480. The van der Waals surface area contributed by atoms with E-state index in [1.165, 1.54) is 6.20 Å². The van der Waals surface area contributed by atoms with Gasteiger partial charge in [0.1, 0.15) is 0 Å². The van der Waals surface area contributed by atoms with E-state index >= 15 is 0 Å². The first-order valence-electron chi connectivity index (χ1n) is 4.23. The molecule has 0 aliphatic carbocycles. The Balaban J connectivity index is 0.00000112. The molecule has 0 aliphatic heterocycles. The number of hydrogen-bond donors (Lipinski definition) is 0. The molecule has 0 bridgehead atoms. The summed E-state index contributed by atoms with van der Waals surface area (Å²) in [6.07, 6.45) is 4.26. The smallest absolute Gasteiger partial charge is 0.0746 e. The van der Waals surface area contributed by atoms with Crippen LogP contribution >= 0.6 is 17.0 Å². The Morgan fingerprint density at radius 2 is 1.88 bits per heavy atom. The van der Waals surface area contributed by atoms with E-state index in [1.54, 1.807) is 6.07 Å². The summed E-state index contributed by atoms with van der Waals surface area (Å²) in [5, 5.41) is 8.88. The van der Waals surface area contributed by atoms with E-state index in [-0.39, 0.29) is 36.5 Å². The van der Waals surface area contributed by atoms with Crippen LogP contribution in [0.25, 0.3) is 11.1 Å². The van der Waals surface area contributed by atoms with E-state index in [4.69, 9.17) is 5.26 Å². The average molecular weight is 326 g/mol. The predicted octanol–water partition coefficient (Wildman–Crippen LogP) is 3.00. The van der Waals surface area contributed by atoms with Gasteiger partial charge in [-0.3, -0.25) is 0 Å². The average Bonchev–Trinajstić information content (AvgIpc) is 2.30. The molecule has 0 N–H and O–H groups in total. The summed E-state index contributed by atoms with van der Waals surface area (Å²) in [7, 11) is 0. The van der Waals surface area contributed by atoms with Gasteiger partial charge in [0.15, 0.2) is 0 Å². The fraction of sp³-hybridized carbons (Fsp3) is 0. The molecule has 0 radical (unpaired) electrons. The molecule has 0 fully saturated rings. The van der Waals surface area contributed by atoms with Crippen molar-refractivity contribution in [1.82, 2.24) is 4.98 Å². The van der Waals surface area contributed by atoms with Crippen molar-refractivity contribution < 1.29 is 19.5 Å². The van der Waals surface area contributed by atoms with Gasteiger partial charge >= 0.3 is 0 Å². The monoisotopic (exact) mass is 323 g/mol. The van der Waals surface area contributed by atoms with Crippen LogP contribution < -0.4 is 0 Å². The zero-order chi connectivity index (χ0) is 9.80. The van der Waals surface area contributed by atoms with Gasteiger partial charge in [-0.25, -0.2) is 0 Å². The minimum Gasteiger partial charge on any atom is -0.393 e. The molecule has 0 saturated heterocycles. The molecular weight excluding hydrogens is 317 g/mol. The van der Waals surface area contributed by atoms with Gasteiger partial charge < -0.3 is 4.98 Å². The van der Waals surface area contributed by atoms with Crippen LogP contribution in [0.15, 0.2) is 42.6 Å². The zero-order valence-electron chi connectivity index (χ0n) is 8.55. The Kier molecular flexibility index (Phi) is 6.80. The number of pyridine rings is 1. The summed E-state index contributed by atoms with van der Waals surface area (Å²) >= 11 is 0. The third-order valence-corrected chi connectivity index (χ3v) is 1.97. The fourth-order valence-electron chi connectivity index (χ4n) is 1.30. The minimum absolute atomic E-state index is 0. The first-order chi connectivity index (χ1) is 6.92. The molecule has 1 aromatic carbocycles. The molecule has 2 nitrogen and oxygen atoms in total. The van der Waals surface area contributed by atoms with Crippen molar-refractivity contribution in [2.75, 3.05) is 0 Å². The molecule has 0 amide bonds. The number of benzene rings is 1. The Labute approximate surface area is 118 Å². The maximum absolute atomic E-state index is 8.88. The van der Waals surface area contributed by atoms with Crippen molar-refractivity contribution in [3.63, 3.8) is 0 Å². The van der Waals surface area contributed by atoms with Crippen molar-refractivity contribution in [1.29, 1.82) is 5.26 Å². The number of rotatable bonds is 1. The van der Waals surface area contributed by atoms with Crippen LogP contribution in [0.2, 0.25) is 0 Å². The first-order valence-corrected chi connectivity index (χ1v) is 4.23. The second-order valence-electron chi connectivity index (χ2n) is 2.84.